The predicted octanol–water partition coefficient (Wildman–Crippen LogP) is -2.77. The van der Waals surface area contributed by atoms with E-state index in [1.54, 1.807) is 6.92 Å². The molecule has 0 fully saturated rings. The third kappa shape index (κ3) is 1000. The van der Waals surface area contributed by atoms with Crippen LogP contribution in [0.3, 0.4) is 0 Å². The summed E-state index contributed by atoms with van der Waals surface area (Å²) < 4.78 is 17.8. The average Bonchev–Trinajstić information content (AvgIpc) is 1.52. The Morgan fingerprint density at radius 1 is 0.857 bits per heavy atom. The van der Waals surface area contributed by atoms with E-state index < -0.39 is 15.6 Å². The second kappa shape index (κ2) is 12.5. The number of hydrogen-bond acceptors (Lipinski definition) is 3. The number of aliphatic hydroxyl groups is 1. The van der Waals surface area contributed by atoms with Crippen molar-refractivity contribution in [2.75, 3.05) is 6.61 Å². The molecule has 88 valence electrons. The minimum atomic E-state index is -4.64. The molecule has 0 heterocycles. The normalized spacial score (nSPS) is 9.71. The first-order chi connectivity index (χ1) is 5.41. The van der Waals surface area contributed by atoms with Crippen LogP contribution in [0.2, 0.25) is 0 Å². The predicted molar refractivity (Wildman–Crippen MR) is 49.8 cm³/mol. The Hall–Kier alpha value is 1.44. The quantitative estimate of drug-likeness (QED) is 0.183. The van der Waals surface area contributed by atoms with E-state index in [0.29, 0.717) is 0 Å². The van der Waals surface area contributed by atoms with Crippen molar-refractivity contribution in [3.8, 4) is 0 Å². The Labute approximate surface area is 110 Å². The van der Waals surface area contributed by atoms with Gasteiger partial charge in [-0.15, -0.1) is 0 Å². The Morgan fingerprint density at radius 2 is 0.857 bits per heavy atom. The van der Waals surface area contributed by atoms with E-state index >= 15 is 0 Å². The first-order valence-electron chi connectivity index (χ1n) is 2.59. The number of rotatable bonds is 0. The first-order valence-corrected chi connectivity index (χ1v) is 5.72. The van der Waals surface area contributed by atoms with Crippen LogP contribution in [0.5, 0.6) is 0 Å². The average molecular weight is 284 g/mol. The van der Waals surface area contributed by atoms with E-state index in [-0.39, 0.29) is 44.3 Å². The Bertz CT molecular complexity index is 145. The molecule has 9 nitrogen and oxygen atoms in total. The van der Waals surface area contributed by atoms with Crippen molar-refractivity contribution in [1.82, 2.24) is 0 Å². The standard InChI is InChI=1S/C2H6O.Ca.2H3O4P.2H/c1-2-3;;2*1-5(2,3)4;;/h3H,2H2,1H3;;2*(H3,1,2,3,4);;. The zero-order chi connectivity index (χ0) is 11.7. The summed E-state index contributed by atoms with van der Waals surface area (Å²) in [6.07, 6.45) is 0. The molecular formula is C2H14CaO9P2. The number of hydrogen-bond donors (Lipinski definition) is 7. The van der Waals surface area contributed by atoms with Crippen LogP contribution in [0.4, 0.5) is 0 Å². The van der Waals surface area contributed by atoms with Gasteiger partial charge in [-0.25, -0.2) is 9.13 Å². The van der Waals surface area contributed by atoms with Crippen molar-refractivity contribution in [2.45, 2.75) is 6.92 Å². The molecule has 0 saturated heterocycles. The van der Waals surface area contributed by atoms with Gasteiger partial charge in [-0.2, -0.15) is 0 Å². The van der Waals surface area contributed by atoms with Gasteiger partial charge in [0.15, 0.2) is 0 Å². The second-order valence-electron chi connectivity index (χ2n) is 1.34. The number of aliphatic hydroxyl groups excluding tert-OH is 1. The van der Waals surface area contributed by atoms with Crippen molar-refractivity contribution in [2.24, 2.45) is 0 Å². The van der Waals surface area contributed by atoms with Gasteiger partial charge < -0.3 is 34.5 Å². The van der Waals surface area contributed by atoms with Crippen molar-refractivity contribution in [1.29, 1.82) is 0 Å². The van der Waals surface area contributed by atoms with E-state index in [1.165, 1.54) is 0 Å². The van der Waals surface area contributed by atoms with Crippen molar-refractivity contribution < 1.29 is 43.6 Å². The van der Waals surface area contributed by atoms with Gasteiger partial charge in [-0.1, -0.05) is 0 Å². The number of phosphoric acid groups is 2. The molecule has 0 aliphatic carbocycles. The van der Waals surface area contributed by atoms with Gasteiger partial charge >= 0.3 is 53.4 Å². The monoisotopic (exact) mass is 284 g/mol. The van der Waals surface area contributed by atoms with E-state index in [1.807, 2.05) is 0 Å². The maximum atomic E-state index is 8.88. The molecule has 7 N–H and O–H groups in total. The topological polar surface area (TPSA) is 176 Å². The molecule has 14 heavy (non-hydrogen) atoms. The summed E-state index contributed by atoms with van der Waals surface area (Å²) >= 11 is 0. The van der Waals surface area contributed by atoms with Gasteiger partial charge in [0.1, 0.15) is 0 Å². The van der Waals surface area contributed by atoms with Crippen molar-refractivity contribution >= 4 is 53.4 Å². The molecule has 0 aliphatic heterocycles. The molecular weight excluding hydrogens is 270 g/mol. The van der Waals surface area contributed by atoms with Crippen LogP contribution in [-0.2, 0) is 9.13 Å². The van der Waals surface area contributed by atoms with Gasteiger partial charge in [-0.05, 0) is 6.92 Å². The summed E-state index contributed by atoms with van der Waals surface area (Å²) in [5.74, 6) is 0. The fraction of sp³-hybridized carbons (Fsp3) is 1.00. The molecule has 0 atom stereocenters. The molecule has 0 aromatic heterocycles. The van der Waals surface area contributed by atoms with E-state index in [9.17, 15) is 0 Å². The molecule has 0 amide bonds. The fourth-order valence-corrected chi connectivity index (χ4v) is 0. The fourth-order valence-electron chi connectivity index (χ4n) is 0. The van der Waals surface area contributed by atoms with E-state index in [4.69, 9.17) is 43.6 Å². The molecule has 0 radical (unpaired) electrons. The first kappa shape index (κ1) is 24.6. The molecule has 0 aliphatic rings. The summed E-state index contributed by atoms with van der Waals surface area (Å²) in [5, 5.41) is 7.57. The third-order valence-corrected chi connectivity index (χ3v) is 0. The molecule has 0 saturated carbocycles. The van der Waals surface area contributed by atoms with E-state index in [0.717, 1.165) is 0 Å². The van der Waals surface area contributed by atoms with Crippen molar-refractivity contribution in [3.05, 3.63) is 0 Å². The maximum absolute atomic E-state index is 8.88. The van der Waals surface area contributed by atoms with Crippen LogP contribution in [0, 0.1) is 0 Å². The third-order valence-electron chi connectivity index (χ3n) is 0. The summed E-state index contributed by atoms with van der Waals surface area (Å²) in [7, 11) is -9.28. The summed E-state index contributed by atoms with van der Waals surface area (Å²) in [6.45, 7) is 1.93. The molecule has 0 aromatic rings. The molecule has 0 unspecified atom stereocenters. The molecule has 0 spiro atoms. The van der Waals surface area contributed by atoms with Crippen LogP contribution in [0.1, 0.15) is 6.92 Å². The van der Waals surface area contributed by atoms with Gasteiger partial charge in [0.25, 0.3) is 0 Å². The van der Waals surface area contributed by atoms with Crippen LogP contribution >= 0.6 is 15.6 Å². The van der Waals surface area contributed by atoms with Gasteiger partial charge in [-0.3, -0.25) is 0 Å². The van der Waals surface area contributed by atoms with Gasteiger partial charge in [0, 0.05) is 6.61 Å². The zero-order valence-corrected chi connectivity index (χ0v) is 8.34. The van der Waals surface area contributed by atoms with Gasteiger partial charge in [0.2, 0.25) is 0 Å². The summed E-state index contributed by atoms with van der Waals surface area (Å²) in [6, 6.07) is 0. The van der Waals surface area contributed by atoms with Crippen LogP contribution < -0.4 is 0 Å². The molecule has 12 heteroatoms. The molecule has 0 rings (SSSR count). The molecule has 0 bridgehead atoms. The second-order valence-corrected chi connectivity index (χ2v) is 3.40. The molecule has 0 aromatic carbocycles. The summed E-state index contributed by atoms with van der Waals surface area (Å²) in [4.78, 5) is 43.1. The SMILES string of the molecule is CCO.O=P(O)(O)O.O=P(O)(O)O.[CaH2]. The van der Waals surface area contributed by atoms with Gasteiger partial charge in [0.05, 0.1) is 0 Å². The van der Waals surface area contributed by atoms with Crippen LogP contribution in [0.25, 0.3) is 0 Å². The van der Waals surface area contributed by atoms with Crippen LogP contribution in [-0.4, -0.2) is 78.8 Å². The van der Waals surface area contributed by atoms with Crippen LogP contribution in [0.15, 0.2) is 0 Å². The zero-order valence-electron chi connectivity index (χ0n) is 6.55. The van der Waals surface area contributed by atoms with Crippen molar-refractivity contribution in [3.63, 3.8) is 0 Å². The minimum absolute atomic E-state index is 0. The Balaban J connectivity index is -0.0000000535. The summed E-state index contributed by atoms with van der Waals surface area (Å²) in [5.41, 5.74) is 0. The Morgan fingerprint density at radius 3 is 0.857 bits per heavy atom. The van der Waals surface area contributed by atoms with E-state index in [2.05, 4.69) is 0 Å². The Kier molecular flexibility index (Phi) is 22.0.